The Bertz CT molecular complexity index is 139. The van der Waals surface area contributed by atoms with Crippen molar-refractivity contribution in [3.63, 3.8) is 0 Å². The van der Waals surface area contributed by atoms with Crippen molar-refractivity contribution >= 4 is 22.6 Å². The van der Waals surface area contributed by atoms with E-state index in [-0.39, 0.29) is 5.60 Å². The first-order valence-electron chi connectivity index (χ1n) is 5.38. The minimum absolute atomic E-state index is 0.259. The molecule has 1 aliphatic carbocycles. The molecule has 13 heavy (non-hydrogen) atoms. The lowest BCUT2D eigenvalue weighted by atomic mass is 10.1. The number of hydrogen-bond donors (Lipinski definition) is 0. The normalized spacial score (nSPS) is 21.2. The van der Waals surface area contributed by atoms with Gasteiger partial charge >= 0.3 is 0 Å². The van der Waals surface area contributed by atoms with Crippen molar-refractivity contribution in [3.8, 4) is 0 Å². The van der Waals surface area contributed by atoms with Crippen molar-refractivity contribution < 1.29 is 4.74 Å². The summed E-state index contributed by atoms with van der Waals surface area (Å²) in [7, 11) is 0. The van der Waals surface area contributed by atoms with Crippen LogP contribution >= 0.6 is 22.6 Å². The van der Waals surface area contributed by atoms with Crippen LogP contribution in [0.3, 0.4) is 0 Å². The van der Waals surface area contributed by atoms with Crippen molar-refractivity contribution in [2.45, 2.75) is 51.6 Å². The SMILES string of the molecule is CC(C)CCOC1(CI)CCCC1. The highest BCUT2D eigenvalue weighted by atomic mass is 127. The van der Waals surface area contributed by atoms with E-state index in [1.807, 2.05) is 0 Å². The van der Waals surface area contributed by atoms with Crippen LogP contribution in [-0.4, -0.2) is 16.6 Å². The fourth-order valence-corrected chi connectivity index (χ4v) is 2.83. The van der Waals surface area contributed by atoms with E-state index in [0.29, 0.717) is 0 Å². The fourth-order valence-electron chi connectivity index (χ4n) is 1.85. The molecular formula is C11H21IO. The van der Waals surface area contributed by atoms with E-state index < -0.39 is 0 Å². The molecule has 0 heterocycles. The molecule has 0 aliphatic heterocycles. The van der Waals surface area contributed by atoms with Crippen LogP contribution in [0, 0.1) is 5.92 Å². The summed E-state index contributed by atoms with van der Waals surface area (Å²) in [5, 5.41) is 0. The molecule has 0 aromatic rings. The van der Waals surface area contributed by atoms with Gasteiger partial charge < -0.3 is 4.74 Å². The third-order valence-corrected chi connectivity index (χ3v) is 4.25. The van der Waals surface area contributed by atoms with E-state index in [1.54, 1.807) is 0 Å². The van der Waals surface area contributed by atoms with Gasteiger partial charge in [0, 0.05) is 11.0 Å². The zero-order valence-electron chi connectivity index (χ0n) is 8.81. The molecule has 0 saturated heterocycles. The summed E-state index contributed by atoms with van der Waals surface area (Å²) in [6.07, 6.45) is 6.51. The molecule has 1 rings (SSSR count). The number of alkyl halides is 1. The van der Waals surface area contributed by atoms with Crippen LogP contribution in [0.2, 0.25) is 0 Å². The second kappa shape index (κ2) is 5.54. The molecule has 1 saturated carbocycles. The molecule has 1 nitrogen and oxygen atoms in total. The van der Waals surface area contributed by atoms with E-state index in [1.165, 1.54) is 36.5 Å². The Morgan fingerprint density at radius 1 is 1.31 bits per heavy atom. The van der Waals surface area contributed by atoms with Crippen LogP contribution in [0.5, 0.6) is 0 Å². The Kier molecular flexibility index (Phi) is 5.01. The summed E-state index contributed by atoms with van der Waals surface area (Å²) in [6, 6.07) is 0. The molecule has 2 heteroatoms. The molecule has 0 spiro atoms. The van der Waals surface area contributed by atoms with E-state index in [2.05, 4.69) is 36.4 Å². The standard InChI is InChI=1S/C11H21IO/c1-10(2)5-8-13-11(9-12)6-3-4-7-11/h10H,3-9H2,1-2H3. The Morgan fingerprint density at radius 2 is 1.92 bits per heavy atom. The van der Waals surface area contributed by atoms with Crippen LogP contribution in [0.25, 0.3) is 0 Å². The largest absolute Gasteiger partial charge is 0.374 e. The summed E-state index contributed by atoms with van der Waals surface area (Å²) in [4.78, 5) is 0. The smallest absolute Gasteiger partial charge is 0.0771 e. The van der Waals surface area contributed by atoms with Gasteiger partial charge in [0.25, 0.3) is 0 Å². The maximum atomic E-state index is 6.04. The average molecular weight is 296 g/mol. The van der Waals surface area contributed by atoms with Gasteiger partial charge in [-0.2, -0.15) is 0 Å². The zero-order chi connectivity index (χ0) is 9.73. The molecule has 0 N–H and O–H groups in total. The van der Waals surface area contributed by atoms with Gasteiger partial charge in [0.1, 0.15) is 0 Å². The summed E-state index contributed by atoms with van der Waals surface area (Å²) in [6.45, 7) is 5.48. The van der Waals surface area contributed by atoms with Crippen molar-refractivity contribution in [2.24, 2.45) is 5.92 Å². The fraction of sp³-hybridized carbons (Fsp3) is 1.00. The van der Waals surface area contributed by atoms with Gasteiger partial charge in [-0.25, -0.2) is 0 Å². The summed E-state index contributed by atoms with van der Waals surface area (Å²) < 4.78 is 7.21. The lowest BCUT2D eigenvalue weighted by Gasteiger charge is -2.27. The summed E-state index contributed by atoms with van der Waals surface area (Å²) >= 11 is 2.47. The highest BCUT2D eigenvalue weighted by Gasteiger charge is 2.33. The topological polar surface area (TPSA) is 9.23 Å². The predicted octanol–water partition coefficient (Wildman–Crippen LogP) is 3.80. The predicted molar refractivity (Wildman–Crippen MR) is 65.5 cm³/mol. The molecule has 0 aromatic carbocycles. The lowest BCUT2D eigenvalue weighted by Crippen LogP contribution is -2.31. The van der Waals surface area contributed by atoms with Crippen molar-refractivity contribution in [1.29, 1.82) is 0 Å². The molecule has 0 bridgehead atoms. The van der Waals surface area contributed by atoms with E-state index in [9.17, 15) is 0 Å². The van der Waals surface area contributed by atoms with Gasteiger partial charge in [-0.3, -0.25) is 0 Å². The van der Waals surface area contributed by atoms with Gasteiger partial charge in [-0.15, -0.1) is 0 Å². The van der Waals surface area contributed by atoms with Gasteiger partial charge in [0.2, 0.25) is 0 Å². The Morgan fingerprint density at radius 3 is 2.38 bits per heavy atom. The molecule has 1 aliphatic rings. The van der Waals surface area contributed by atoms with E-state index >= 15 is 0 Å². The Balaban J connectivity index is 2.23. The van der Waals surface area contributed by atoms with Gasteiger partial charge in [0.05, 0.1) is 5.60 Å². The third-order valence-electron chi connectivity index (χ3n) is 2.86. The van der Waals surface area contributed by atoms with Gasteiger partial charge in [-0.1, -0.05) is 49.3 Å². The highest BCUT2D eigenvalue weighted by molar-refractivity contribution is 14.1. The second-order valence-corrected chi connectivity index (χ2v) is 5.32. The van der Waals surface area contributed by atoms with Crippen LogP contribution in [0.4, 0.5) is 0 Å². The van der Waals surface area contributed by atoms with Crippen molar-refractivity contribution in [3.05, 3.63) is 0 Å². The highest BCUT2D eigenvalue weighted by Crippen LogP contribution is 2.35. The van der Waals surface area contributed by atoms with E-state index in [0.717, 1.165) is 12.5 Å². The minimum atomic E-state index is 0.259. The Labute approximate surface area is 95.8 Å². The van der Waals surface area contributed by atoms with Crippen molar-refractivity contribution in [1.82, 2.24) is 0 Å². The summed E-state index contributed by atoms with van der Waals surface area (Å²) in [5.41, 5.74) is 0.259. The number of ether oxygens (including phenoxy) is 1. The average Bonchev–Trinajstić information content (AvgIpc) is 2.53. The quantitative estimate of drug-likeness (QED) is 0.554. The monoisotopic (exact) mass is 296 g/mol. The second-order valence-electron chi connectivity index (χ2n) is 4.55. The van der Waals surface area contributed by atoms with Gasteiger partial charge in [-0.05, 0) is 25.2 Å². The van der Waals surface area contributed by atoms with Crippen LogP contribution in [0.15, 0.2) is 0 Å². The number of halogens is 1. The molecule has 0 amide bonds. The van der Waals surface area contributed by atoms with Crippen LogP contribution in [-0.2, 0) is 4.74 Å². The molecule has 0 aromatic heterocycles. The first kappa shape index (κ1) is 11.8. The first-order chi connectivity index (χ1) is 6.18. The molecule has 78 valence electrons. The molecule has 0 atom stereocenters. The molecule has 0 radical (unpaired) electrons. The Hall–Kier alpha value is 0.690. The lowest BCUT2D eigenvalue weighted by molar-refractivity contribution is -0.0245. The summed E-state index contributed by atoms with van der Waals surface area (Å²) in [5.74, 6) is 0.771. The maximum absolute atomic E-state index is 6.04. The van der Waals surface area contributed by atoms with E-state index in [4.69, 9.17) is 4.74 Å². The molecular weight excluding hydrogens is 275 g/mol. The van der Waals surface area contributed by atoms with Crippen LogP contribution in [0.1, 0.15) is 46.0 Å². The molecule has 1 fully saturated rings. The van der Waals surface area contributed by atoms with Crippen LogP contribution < -0.4 is 0 Å². The molecule has 0 unspecified atom stereocenters. The van der Waals surface area contributed by atoms with Gasteiger partial charge in [0.15, 0.2) is 0 Å². The maximum Gasteiger partial charge on any atom is 0.0771 e. The third kappa shape index (κ3) is 3.74. The number of rotatable bonds is 5. The first-order valence-corrected chi connectivity index (χ1v) is 6.91. The van der Waals surface area contributed by atoms with Crippen molar-refractivity contribution in [2.75, 3.05) is 11.0 Å². The minimum Gasteiger partial charge on any atom is -0.374 e. The number of hydrogen-bond acceptors (Lipinski definition) is 1. The zero-order valence-corrected chi connectivity index (χ0v) is 11.0.